The Morgan fingerprint density at radius 2 is 1.64 bits per heavy atom. The molecule has 0 spiro atoms. The van der Waals surface area contributed by atoms with Crippen LogP contribution in [-0.2, 0) is 16.0 Å². The fourth-order valence-electron chi connectivity index (χ4n) is 2.28. The highest BCUT2D eigenvalue weighted by Crippen LogP contribution is 2.34. The quantitative estimate of drug-likeness (QED) is 0.725. The van der Waals surface area contributed by atoms with Crippen molar-refractivity contribution in [3.63, 3.8) is 0 Å². The highest BCUT2D eigenvalue weighted by atomic mass is 16.5. The Labute approximate surface area is 128 Å². The Bertz CT molecular complexity index is 541. The topological polar surface area (TPSA) is 108 Å². The number of rotatable bonds is 9. The van der Waals surface area contributed by atoms with Gasteiger partial charge in [0.1, 0.15) is 5.75 Å². The van der Waals surface area contributed by atoms with Gasteiger partial charge < -0.3 is 14.9 Å². The van der Waals surface area contributed by atoms with Crippen molar-refractivity contribution < 1.29 is 24.5 Å². The summed E-state index contributed by atoms with van der Waals surface area (Å²) in [7, 11) is 1.55. The fourth-order valence-corrected chi connectivity index (χ4v) is 2.28. The van der Waals surface area contributed by atoms with Crippen LogP contribution in [0.5, 0.6) is 5.75 Å². The van der Waals surface area contributed by atoms with Gasteiger partial charge in [0.05, 0.1) is 18.6 Å². The smallest absolute Gasteiger partial charge is 0.303 e. The third-order valence-electron chi connectivity index (χ3n) is 3.57. The summed E-state index contributed by atoms with van der Waals surface area (Å²) in [4.78, 5) is 21.6. The van der Waals surface area contributed by atoms with Crippen molar-refractivity contribution in [3.05, 3.63) is 29.8 Å². The second-order valence-electron chi connectivity index (χ2n) is 5.20. The van der Waals surface area contributed by atoms with Crippen LogP contribution in [0, 0.1) is 16.7 Å². The van der Waals surface area contributed by atoms with Crippen molar-refractivity contribution in [3.8, 4) is 11.8 Å². The van der Waals surface area contributed by atoms with Gasteiger partial charge in [0, 0.05) is 12.8 Å². The van der Waals surface area contributed by atoms with Crippen LogP contribution in [0.25, 0.3) is 0 Å². The average Bonchev–Trinajstić information content (AvgIpc) is 2.50. The lowest BCUT2D eigenvalue weighted by Crippen LogP contribution is -2.24. The Morgan fingerprint density at radius 1 is 1.14 bits per heavy atom. The van der Waals surface area contributed by atoms with Gasteiger partial charge in [-0.25, -0.2) is 0 Å². The second kappa shape index (κ2) is 8.03. The highest BCUT2D eigenvalue weighted by Gasteiger charge is 2.31. The number of carboxylic acid groups (broad SMARTS) is 2. The van der Waals surface area contributed by atoms with Crippen molar-refractivity contribution >= 4 is 11.9 Å². The van der Waals surface area contributed by atoms with E-state index in [0.29, 0.717) is 12.2 Å². The Morgan fingerprint density at radius 3 is 2.00 bits per heavy atom. The summed E-state index contributed by atoms with van der Waals surface area (Å²) < 4.78 is 5.06. The van der Waals surface area contributed by atoms with E-state index in [4.69, 9.17) is 14.9 Å². The number of nitriles is 1. The Hall–Kier alpha value is -2.55. The monoisotopic (exact) mass is 305 g/mol. The predicted octanol–water partition coefficient (Wildman–Crippen LogP) is 2.48. The molecule has 0 fully saturated rings. The highest BCUT2D eigenvalue weighted by molar-refractivity contribution is 5.67. The zero-order valence-electron chi connectivity index (χ0n) is 12.4. The Kier molecular flexibility index (Phi) is 6.39. The van der Waals surface area contributed by atoms with Gasteiger partial charge in [-0.05, 0) is 37.0 Å². The van der Waals surface area contributed by atoms with Crippen LogP contribution >= 0.6 is 0 Å². The predicted molar refractivity (Wildman–Crippen MR) is 78.5 cm³/mol. The standard InChI is InChI=1S/C16H19NO5/c1-22-13-4-2-12(3-5-13)10-16(11-17,8-6-14(18)19)9-7-15(20)21/h2-5H,6-10H2,1H3,(H,18,19)(H,20,21). The van der Waals surface area contributed by atoms with Gasteiger partial charge >= 0.3 is 11.9 Å². The number of nitrogens with zero attached hydrogens (tertiary/aromatic N) is 1. The first-order valence-corrected chi connectivity index (χ1v) is 6.88. The zero-order valence-corrected chi connectivity index (χ0v) is 12.4. The van der Waals surface area contributed by atoms with Crippen LogP contribution in [0.1, 0.15) is 31.2 Å². The average molecular weight is 305 g/mol. The molecule has 0 aromatic heterocycles. The molecule has 0 saturated heterocycles. The lowest BCUT2D eigenvalue weighted by molar-refractivity contribution is -0.137. The molecule has 1 rings (SSSR count). The summed E-state index contributed by atoms with van der Waals surface area (Å²) in [6.07, 6.45) is 0.233. The molecule has 22 heavy (non-hydrogen) atoms. The van der Waals surface area contributed by atoms with Crippen LogP contribution in [0.15, 0.2) is 24.3 Å². The molecule has 0 unspecified atom stereocenters. The maximum absolute atomic E-state index is 10.8. The first-order chi connectivity index (χ1) is 10.4. The number of hydrogen-bond donors (Lipinski definition) is 2. The summed E-state index contributed by atoms with van der Waals surface area (Å²) in [6, 6.07) is 9.25. The van der Waals surface area contributed by atoms with E-state index in [1.54, 1.807) is 31.4 Å². The normalized spacial score (nSPS) is 10.7. The number of hydrogen-bond acceptors (Lipinski definition) is 4. The summed E-state index contributed by atoms with van der Waals surface area (Å²) >= 11 is 0. The van der Waals surface area contributed by atoms with E-state index in [1.807, 2.05) is 0 Å². The molecule has 0 bridgehead atoms. The first kappa shape index (κ1) is 17.5. The maximum atomic E-state index is 10.8. The molecule has 118 valence electrons. The fraction of sp³-hybridized carbons (Fsp3) is 0.438. The third kappa shape index (κ3) is 5.44. The molecule has 0 saturated carbocycles. The van der Waals surface area contributed by atoms with Gasteiger partial charge in [-0.1, -0.05) is 12.1 Å². The van der Waals surface area contributed by atoms with Crippen LogP contribution in [0.4, 0.5) is 0 Å². The molecule has 0 aliphatic heterocycles. The summed E-state index contributed by atoms with van der Waals surface area (Å²) in [5.41, 5.74) is -0.149. The molecule has 0 aliphatic rings. The van der Waals surface area contributed by atoms with E-state index in [-0.39, 0.29) is 25.7 Å². The lowest BCUT2D eigenvalue weighted by atomic mass is 9.75. The molecular formula is C16H19NO5. The maximum Gasteiger partial charge on any atom is 0.303 e. The SMILES string of the molecule is COc1ccc(CC(C#N)(CCC(=O)O)CCC(=O)O)cc1. The lowest BCUT2D eigenvalue weighted by Gasteiger charge is -2.25. The molecule has 6 heteroatoms. The number of benzene rings is 1. The zero-order chi connectivity index (χ0) is 16.6. The van der Waals surface area contributed by atoms with Crippen LogP contribution in [-0.4, -0.2) is 29.3 Å². The number of aliphatic carboxylic acids is 2. The second-order valence-corrected chi connectivity index (χ2v) is 5.20. The minimum Gasteiger partial charge on any atom is -0.497 e. The summed E-state index contributed by atoms with van der Waals surface area (Å²) in [6.45, 7) is 0. The van der Waals surface area contributed by atoms with Crippen molar-refractivity contribution in [1.82, 2.24) is 0 Å². The van der Waals surface area contributed by atoms with Crippen molar-refractivity contribution in [2.24, 2.45) is 5.41 Å². The van der Waals surface area contributed by atoms with Crippen LogP contribution in [0.2, 0.25) is 0 Å². The van der Waals surface area contributed by atoms with E-state index in [0.717, 1.165) is 5.56 Å². The van der Waals surface area contributed by atoms with Crippen molar-refractivity contribution in [1.29, 1.82) is 5.26 Å². The van der Waals surface area contributed by atoms with Gasteiger partial charge in [-0.2, -0.15) is 5.26 Å². The van der Waals surface area contributed by atoms with E-state index in [2.05, 4.69) is 6.07 Å². The van der Waals surface area contributed by atoms with E-state index < -0.39 is 17.4 Å². The van der Waals surface area contributed by atoms with Gasteiger partial charge in [0.2, 0.25) is 0 Å². The Balaban J connectivity index is 2.92. The number of carbonyl (C=O) groups is 2. The van der Waals surface area contributed by atoms with Gasteiger partial charge in [0.25, 0.3) is 0 Å². The molecule has 1 aromatic carbocycles. The van der Waals surface area contributed by atoms with Crippen molar-refractivity contribution in [2.45, 2.75) is 32.1 Å². The number of carboxylic acids is 2. The minimum atomic E-state index is -0.996. The third-order valence-corrected chi connectivity index (χ3v) is 3.57. The van der Waals surface area contributed by atoms with Gasteiger partial charge in [0.15, 0.2) is 0 Å². The first-order valence-electron chi connectivity index (χ1n) is 6.88. The number of methoxy groups -OCH3 is 1. The minimum absolute atomic E-state index is 0.123. The van der Waals surface area contributed by atoms with Crippen molar-refractivity contribution in [2.75, 3.05) is 7.11 Å². The molecule has 1 aromatic rings. The molecule has 0 aliphatic carbocycles. The molecule has 0 amide bonds. The van der Waals surface area contributed by atoms with Gasteiger partial charge in [-0.15, -0.1) is 0 Å². The molecule has 6 nitrogen and oxygen atoms in total. The summed E-state index contributed by atoms with van der Waals surface area (Å²) in [5, 5.41) is 27.2. The van der Waals surface area contributed by atoms with E-state index in [1.165, 1.54) is 0 Å². The largest absolute Gasteiger partial charge is 0.497 e. The number of ether oxygens (including phenoxy) is 1. The molecule has 2 N–H and O–H groups in total. The van der Waals surface area contributed by atoms with E-state index in [9.17, 15) is 14.9 Å². The van der Waals surface area contributed by atoms with Crippen LogP contribution < -0.4 is 4.74 Å². The molecule has 0 atom stereocenters. The van der Waals surface area contributed by atoms with Crippen LogP contribution in [0.3, 0.4) is 0 Å². The molecule has 0 radical (unpaired) electrons. The van der Waals surface area contributed by atoms with Gasteiger partial charge in [-0.3, -0.25) is 9.59 Å². The molecular weight excluding hydrogens is 286 g/mol. The summed E-state index contributed by atoms with van der Waals surface area (Å²) in [5.74, 6) is -1.31. The molecule has 0 heterocycles. The van der Waals surface area contributed by atoms with E-state index >= 15 is 0 Å².